The number of pyridine rings is 2. The van der Waals surface area contributed by atoms with Crippen molar-refractivity contribution in [2.75, 3.05) is 47.2 Å². The number of nitrogens with one attached hydrogen (secondary N) is 3. The fourth-order valence-corrected chi connectivity index (χ4v) is 4.71. The first kappa shape index (κ1) is 27.7. The number of amides is 3. The van der Waals surface area contributed by atoms with Gasteiger partial charge in [-0.25, -0.2) is 19.7 Å². The van der Waals surface area contributed by atoms with E-state index in [0.29, 0.717) is 77.2 Å². The standard InChI is InChI=1S/C31H27FN8O3/c1-19(41)35-22-8-10-24(11-9-22)37-31(42)36-23-6-4-20(5-7-23)29-38-26-17-21(25-3-2-12-33-28(25)32)18-34-27(26)30(39-29)40-13-15-43-16-14-40/h2-12,17-18H,13-16H2,1H3,(H,35,41)(H2,36,37,42). The van der Waals surface area contributed by atoms with E-state index in [2.05, 4.69) is 30.8 Å². The SMILES string of the molecule is CC(=O)Nc1ccc(NC(=O)Nc2ccc(-c3nc(N4CCOCC4)c4ncc(-c5cccnc5F)cc4n3)cc2)cc1. The van der Waals surface area contributed by atoms with E-state index in [4.69, 9.17) is 14.7 Å². The summed E-state index contributed by atoms with van der Waals surface area (Å²) in [7, 11) is 0. The van der Waals surface area contributed by atoms with Crippen LogP contribution in [0.3, 0.4) is 0 Å². The highest BCUT2D eigenvalue weighted by molar-refractivity contribution is 6.00. The van der Waals surface area contributed by atoms with Crippen molar-refractivity contribution in [1.82, 2.24) is 19.9 Å². The topological polar surface area (TPSA) is 134 Å². The number of benzene rings is 2. The smallest absolute Gasteiger partial charge is 0.323 e. The molecule has 0 unspecified atom stereocenters. The van der Waals surface area contributed by atoms with Gasteiger partial charge in [-0.15, -0.1) is 0 Å². The number of urea groups is 1. The minimum atomic E-state index is -0.583. The fraction of sp³-hybridized carbons (Fsp3) is 0.161. The Hall–Kier alpha value is -5.49. The van der Waals surface area contributed by atoms with Gasteiger partial charge in [0.1, 0.15) is 5.52 Å². The van der Waals surface area contributed by atoms with Gasteiger partial charge >= 0.3 is 6.03 Å². The number of hydrogen-bond donors (Lipinski definition) is 3. The lowest BCUT2D eigenvalue weighted by molar-refractivity contribution is -0.114. The molecule has 11 nitrogen and oxygen atoms in total. The van der Waals surface area contributed by atoms with Gasteiger partial charge in [-0.05, 0) is 66.7 Å². The summed E-state index contributed by atoms with van der Waals surface area (Å²) in [6.07, 6.45) is 3.01. The lowest BCUT2D eigenvalue weighted by atomic mass is 10.1. The molecule has 1 fully saturated rings. The number of halogens is 1. The first-order chi connectivity index (χ1) is 20.9. The Kier molecular flexibility index (Phi) is 7.83. The van der Waals surface area contributed by atoms with Gasteiger partial charge in [-0.3, -0.25) is 9.78 Å². The average molecular weight is 579 g/mol. The van der Waals surface area contributed by atoms with E-state index in [0.717, 1.165) is 5.56 Å². The van der Waals surface area contributed by atoms with Crippen molar-refractivity contribution >= 4 is 45.9 Å². The number of fused-ring (bicyclic) bond motifs is 1. The summed E-state index contributed by atoms with van der Waals surface area (Å²) in [5.74, 6) is 0.387. The molecule has 5 aromatic rings. The third-order valence-corrected chi connectivity index (χ3v) is 6.76. The van der Waals surface area contributed by atoms with Crippen LogP contribution in [0.4, 0.5) is 32.1 Å². The predicted octanol–water partition coefficient (Wildman–Crippen LogP) is 5.33. The van der Waals surface area contributed by atoms with E-state index < -0.39 is 12.0 Å². The number of anilines is 4. The summed E-state index contributed by atoms with van der Waals surface area (Å²) in [5, 5.41) is 8.25. The van der Waals surface area contributed by atoms with Crippen molar-refractivity contribution in [3.05, 3.63) is 85.1 Å². The van der Waals surface area contributed by atoms with Crippen LogP contribution >= 0.6 is 0 Å². The van der Waals surface area contributed by atoms with Crippen molar-refractivity contribution in [2.24, 2.45) is 0 Å². The molecule has 12 heteroatoms. The van der Waals surface area contributed by atoms with Crippen LogP contribution < -0.4 is 20.9 Å². The second-order valence-electron chi connectivity index (χ2n) is 9.82. The monoisotopic (exact) mass is 578 g/mol. The molecule has 3 aromatic heterocycles. The molecule has 1 aliphatic heterocycles. The number of carbonyl (C=O) groups is 2. The maximum Gasteiger partial charge on any atom is 0.323 e. The molecule has 6 rings (SSSR count). The lowest BCUT2D eigenvalue weighted by Crippen LogP contribution is -2.37. The third-order valence-electron chi connectivity index (χ3n) is 6.76. The third kappa shape index (κ3) is 6.39. The van der Waals surface area contributed by atoms with Crippen molar-refractivity contribution in [3.8, 4) is 22.5 Å². The minimum absolute atomic E-state index is 0.171. The number of aromatic nitrogens is 4. The van der Waals surface area contributed by atoms with Crippen LogP contribution in [0.25, 0.3) is 33.5 Å². The molecule has 3 N–H and O–H groups in total. The lowest BCUT2D eigenvalue weighted by Gasteiger charge is -2.28. The van der Waals surface area contributed by atoms with Crippen LogP contribution in [-0.2, 0) is 9.53 Å². The van der Waals surface area contributed by atoms with Crippen molar-refractivity contribution in [2.45, 2.75) is 6.92 Å². The molecule has 43 heavy (non-hydrogen) atoms. The molecule has 0 saturated carbocycles. The zero-order valence-corrected chi connectivity index (χ0v) is 23.2. The molecule has 2 aromatic carbocycles. The Morgan fingerprint density at radius 2 is 1.49 bits per heavy atom. The molecule has 1 saturated heterocycles. The zero-order chi connectivity index (χ0) is 29.8. The first-order valence-electron chi connectivity index (χ1n) is 13.6. The Morgan fingerprint density at radius 1 is 0.837 bits per heavy atom. The summed E-state index contributed by atoms with van der Waals surface area (Å²) in [6.45, 7) is 3.88. The van der Waals surface area contributed by atoms with Gasteiger partial charge in [0, 0.05) is 66.2 Å². The minimum Gasteiger partial charge on any atom is -0.378 e. The normalized spacial score (nSPS) is 13.0. The van der Waals surface area contributed by atoms with E-state index in [1.807, 2.05) is 12.1 Å². The van der Waals surface area contributed by atoms with E-state index in [-0.39, 0.29) is 5.91 Å². The molecule has 4 heterocycles. The van der Waals surface area contributed by atoms with E-state index in [1.54, 1.807) is 60.8 Å². The largest absolute Gasteiger partial charge is 0.378 e. The van der Waals surface area contributed by atoms with Crippen LogP contribution in [0, 0.1) is 5.95 Å². The van der Waals surface area contributed by atoms with Crippen molar-refractivity contribution < 1.29 is 18.7 Å². The predicted molar refractivity (Wildman–Crippen MR) is 162 cm³/mol. The quantitative estimate of drug-likeness (QED) is 0.230. The van der Waals surface area contributed by atoms with Crippen LogP contribution in [-0.4, -0.2) is 58.2 Å². The first-order valence-corrected chi connectivity index (χ1v) is 13.6. The molecule has 0 radical (unpaired) electrons. The average Bonchev–Trinajstić information content (AvgIpc) is 3.02. The van der Waals surface area contributed by atoms with Gasteiger partial charge in [0.15, 0.2) is 11.6 Å². The Bertz CT molecular complexity index is 1790. The summed E-state index contributed by atoms with van der Waals surface area (Å²) < 4.78 is 20.0. The number of carbonyl (C=O) groups excluding carboxylic acids is 2. The number of ether oxygens (including phenoxy) is 1. The highest BCUT2D eigenvalue weighted by Gasteiger charge is 2.20. The molecule has 0 atom stereocenters. The van der Waals surface area contributed by atoms with Crippen LogP contribution in [0.2, 0.25) is 0 Å². The Labute approximate surface area is 246 Å². The summed E-state index contributed by atoms with van der Waals surface area (Å²) in [5.41, 5.74) is 4.58. The van der Waals surface area contributed by atoms with Crippen LogP contribution in [0.15, 0.2) is 79.1 Å². The summed E-state index contributed by atoms with van der Waals surface area (Å²) in [4.78, 5) is 43.9. The van der Waals surface area contributed by atoms with Gasteiger partial charge in [-0.1, -0.05) is 0 Å². The second kappa shape index (κ2) is 12.2. The number of rotatable bonds is 6. The van der Waals surface area contributed by atoms with Crippen molar-refractivity contribution in [3.63, 3.8) is 0 Å². The molecule has 3 amide bonds. The molecular weight excluding hydrogens is 551 g/mol. The highest BCUT2D eigenvalue weighted by Crippen LogP contribution is 2.31. The maximum absolute atomic E-state index is 14.5. The van der Waals surface area contributed by atoms with E-state index in [1.165, 1.54) is 13.1 Å². The van der Waals surface area contributed by atoms with Crippen molar-refractivity contribution in [1.29, 1.82) is 0 Å². The molecule has 0 spiro atoms. The molecule has 0 aliphatic carbocycles. The fourth-order valence-electron chi connectivity index (χ4n) is 4.71. The molecule has 1 aliphatic rings. The molecule has 216 valence electrons. The van der Waals surface area contributed by atoms with Gasteiger partial charge in [0.2, 0.25) is 11.9 Å². The number of hydrogen-bond acceptors (Lipinski definition) is 8. The number of nitrogens with zero attached hydrogens (tertiary/aromatic N) is 5. The van der Waals surface area contributed by atoms with Crippen LogP contribution in [0.1, 0.15) is 6.92 Å². The van der Waals surface area contributed by atoms with Gasteiger partial charge in [-0.2, -0.15) is 4.39 Å². The van der Waals surface area contributed by atoms with Gasteiger partial charge in [0.25, 0.3) is 0 Å². The zero-order valence-electron chi connectivity index (χ0n) is 23.2. The number of morpholine rings is 1. The van der Waals surface area contributed by atoms with E-state index in [9.17, 15) is 14.0 Å². The maximum atomic E-state index is 14.5. The van der Waals surface area contributed by atoms with Gasteiger partial charge < -0.3 is 25.6 Å². The summed E-state index contributed by atoms with van der Waals surface area (Å²) >= 11 is 0. The Morgan fingerprint density at radius 3 is 2.14 bits per heavy atom. The Balaban J connectivity index is 1.25. The van der Waals surface area contributed by atoms with E-state index >= 15 is 0 Å². The van der Waals surface area contributed by atoms with Crippen LogP contribution in [0.5, 0.6) is 0 Å². The highest BCUT2D eigenvalue weighted by atomic mass is 19.1. The molecule has 0 bridgehead atoms. The molecular formula is C31H27FN8O3. The second-order valence-corrected chi connectivity index (χ2v) is 9.82. The summed E-state index contributed by atoms with van der Waals surface area (Å²) in [6, 6.07) is 18.6. The van der Waals surface area contributed by atoms with Gasteiger partial charge in [0.05, 0.1) is 18.7 Å².